The summed E-state index contributed by atoms with van der Waals surface area (Å²) in [5, 5.41) is 13.0. The number of rotatable bonds is 4. The second-order valence-electron chi connectivity index (χ2n) is 6.85. The van der Waals surface area contributed by atoms with Crippen LogP contribution in [0.1, 0.15) is 11.1 Å². The van der Waals surface area contributed by atoms with Crippen molar-refractivity contribution in [1.82, 2.24) is 14.5 Å². The average molecular weight is 445 g/mol. The number of thiocarbonyl (C=S) groups is 1. The summed E-state index contributed by atoms with van der Waals surface area (Å²) in [5.41, 5.74) is 1.16. The number of benzene rings is 2. The fourth-order valence-electron chi connectivity index (χ4n) is 3.39. The first-order chi connectivity index (χ1) is 14.5. The zero-order chi connectivity index (χ0) is 21.1. The van der Waals surface area contributed by atoms with Crippen LogP contribution in [-0.2, 0) is 16.6 Å². The minimum atomic E-state index is -3.72. The highest BCUT2D eigenvalue weighted by atomic mass is 32.2. The molecule has 0 bridgehead atoms. The van der Waals surface area contributed by atoms with Gasteiger partial charge in [0.15, 0.2) is 16.6 Å². The van der Waals surface area contributed by atoms with Crippen LogP contribution in [0.25, 0.3) is 0 Å². The van der Waals surface area contributed by atoms with Crippen molar-refractivity contribution in [2.45, 2.75) is 11.4 Å². The fourth-order valence-corrected chi connectivity index (χ4v) is 5.21. The van der Waals surface area contributed by atoms with Gasteiger partial charge in [0, 0.05) is 32.7 Å². The molecule has 0 aliphatic carbocycles. The van der Waals surface area contributed by atoms with Gasteiger partial charge >= 0.3 is 0 Å². The molecule has 156 valence electrons. The largest absolute Gasteiger partial charge is 0.454 e. The molecular weight excluding hydrogens is 424 g/mol. The van der Waals surface area contributed by atoms with E-state index in [9.17, 15) is 13.7 Å². The predicted octanol–water partition coefficient (Wildman–Crippen LogP) is 1.67. The lowest BCUT2D eigenvalue weighted by molar-refractivity contribution is 0.174. The molecule has 30 heavy (non-hydrogen) atoms. The predicted molar refractivity (Wildman–Crippen MR) is 113 cm³/mol. The van der Waals surface area contributed by atoms with Crippen LogP contribution in [0.5, 0.6) is 11.5 Å². The number of piperazine rings is 1. The Morgan fingerprint density at radius 2 is 1.83 bits per heavy atom. The molecule has 0 atom stereocenters. The van der Waals surface area contributed by atoms with Gasteiger partial charge < -0.3 is 19.7 Å². The Morgan fingerprint density at radius 3 is 2.60 bits per heavy atom. The first kappa shape index (κ1) is 20.4. The standard InChI is InChI=1S/C20H20N4O4S2/c21-12-16-3-1-2-4-19(16)30(25,26)24-9-7-23(8-10-24)20(29)22-13-15-5-6-17-18(11-15)28-14-27-17/h1-6,11H,7-10,13-14H2,(H,22,29). The van der Waals surface area contributed by atoms with Gasteiger partial charge in [0.1, 0.15) is 6.07 Å². The number of ether oxygens (including phenoxy) is 2. The summed E-state index contributed by atoms with van der Waals surface area (Å²) in [7, 11) is -3.72. The molecule has 2 aromatic carbocycles. The third-order valence-corrected chi connectivity index (χ3v) is 7.39. The third-order valence-electron chi connectivity index (χ3n) is 5.03. The number of fused-ring (bicyclic) bond motifs is 1. The SMILES string of the molecule is N#Cc1ccccc1S(=O)(=O)N1CCN(C(=S)NCc2ccc3c(c2)OCO3)CC1. The molecular formula is C20H20N4O4S2. The molecule has 1 saturated heterocycles. The highest BCUT2D eigenvalue weighted by molar-refractivity contribution is 7.89. The van der Waals surface area contributed by atoms with Crippen LogP contribution in [0, 0.1) is 11.3 Å². The maximum absolute atomic E-state index is 12.9. The van der Waals surface area contributed by atoms with E-state index in [2.05, 4.69) is 5.32 Å². The Balaban J connectivity index is 1.34. The highest BCUT2D eigenvalue weighted by Gasteiger charge is 2.30. The third kappa shape index (κ3) is 4.05. The lowest BCUT2D eigenvalue weighted by atomic mass is 10.2. The van der Waals surface area contributed by atoms with Gasteiger partial charge in [0.05, 0.1) is 10.5 Å². The monoisotopic (exact) mass is 444 g/mol. The number of sulfonamides is 1. The van der Waals surface area contributed by atoms with Gasteiger partial charge in [-0.15, -0.1) is 0 Å². The summed E-state index contributed by atoms with van der Waals surface area (Å²) in [5.74, 6) is 1.45. The normalized spacial score (nSPS) is 16.2. The molecule has 0 saturated carbocycles. The van der Waals surface area contributed by atoms with Gasteiger partial charge in [-0.3, -0.25) is 0 Å². The van der Waals surface area contributed by atoms with Crippen LogP contribution in [0.4, 0.5) is 0 Å². The summed E-state index contributed by atoms with van der Waals surface area (Å²) in [6.07, 6.45) is 0. The summed E-state index contributed by atoms with van der Waals surface area (Å²) < 4.78 is 38.0. The van der Waals surface area contributed by atoms with Crippen molar-refractivity contribution in [1.29, 1.82) is 5.26 Å². The molecule has 4 rings (SSSR count). The van der Waals surface area contributed by atoms with Gasteiger partial charge in [-0.25, -0.2) is 8.42 Å². The highest BCUT2D eigenvalue weighted by Crippen LogP contribution is 2.32. The summed E-state index contributed by atoms with van der Waals surface area (Å²) in [4.78, 5) is 1.99. The topological polar surface area (TPSA) is 94.9 Å². The molecule has 0 spiro atoms. The Bertz CT molecular complexity index is 1110. The van der Waals surface area contributed by atoms with E-state index in [4.69, 9.17) is 21.7 Å². The van der Waals surface area contributed by atoms with Gasteiger partial charge in [0.25, 0.3) is 0 Å². The summed E-state index contributed by atoms with van der Waals surface area (Å²) >= 11 is 5.49. The molecule has 10 heteroatoms. The van der Waals surface area contributed by atoms with Crippen molar-refractivity contribution in [3.63, 3.8) is 0 Å². The maximum Gasteiger partial charge on any atom is 0.244 e. The minimum Gasteiger partial charge on any atom is -0.454 e. The molecule has 0 radical (unpaired) electrons. The Morgan fingerprint density at radius 1 is 1.10 bits per heavy atom. The van der Waals surface area contributed by atoms with E-state index in [0.29, 0.717) is 37.8 Å². The van der Waals surface area contributed by atoms with Crippen LogP contribution in [0.3, 0.4) is 0 Å². The Kier molecular flexibility index (Phi) is 5.76. The van der Waals surface area contributed by atoms with E-state index in [1.807, 2.05) is 29.2 Å². The Labute approximate surface area is 180 Å². The van der Waals surface area contributed by atoms with Gasteiger partial charge in [-0.05, 0) is 42.0 Å². The van der Waals surface area contributed by atoms with Gasteiger partial charge in [-0.2, -0.15) is 9.57 Å². The maximum atomic E-state index is 12.9. The van der Waals surface area contributed by atoms with E-state index in [-0.39, 0.29) is 17.3 Å². The van der Waals surface area contributed by atoms with Crippen molar-refractivity contribution in [3.05, 3.63) is 53.6 Å². The molecule has 1 N–H and O–H groups in total. The average Bonchev–Trinajstić information content (AvgIpc) is 3.25. The number of nitriles is 1. The number of hydrogen-bond donors (Lipinski definition) is 1. The zero-order valence-electron chi connectivity index (χ0n) is 16.1. The van der Waals surface area contributed by atoms with Crippen molar-refractivity contribution in [2.75, 3.05) is 33.0 Å². The molecule has 8 nitrogen and oxygen atoms in total. The van der Waals surface area contributed by atoms with E-state index in [1.54, 1.807) is 12.1 Å². The second kappa shape index (κ2) is 8.47. The van der Waals surface area contributed by atoms with Crippen LogP contribution >= 0.6 is 12.2 Å². The molecule has 2 aromatic rings. The van der Waals surface area contributed by atoms with Crippen molar-refractivity contribution in [2.24, 2.45) is 0 Å². The van der Waals surface area contributed by atoms with Crippen LogP contribution < -0.4 is 14.8 Å². The van der Waals surface area contributed by atoms with Gasteiger partial charge in [-0.1, -0.05) is 18.2 Å². The quantitative estimate of drug-likeness (QED) is 0.712. The van der Waals surface area contributed by atoms with Crippen molar-refractivity contribution < 1.29 is 17.9 Å². The first-order valence-corrected chi connectivity index (χ1v) is 11.2. The first-order valence-electron chi connectivity index (χ1n) is 9.39. The van der Waals surface area contributed by atoms with Crippen molar-refractivity contribution in [3.8, 4) is 17.6 Å². The Hall–Kier alpha value is -2.87. The smallest absolute Gasteiger partial charge is 0.244 e. The van der Waals surface area contributed by atoms with Crippen LogP contribution in [-0.4, -0.2) is 55.7 Å². The minimum absolute atomic E-state index is 0.0458. The molecule has 2 heterocycles. The van der Waals surface area contributed by atoms with Crippen LogP contribution in [0.15, 0.2) is 47.4 Å². The summed E-state index contributed by atoms with van der Waals surface area (Å²) in [6, 6.07) is 13.9. The number of nitrogens with zero attached hydrogens (tertiary/aromatic N) is 3. The lowest BCUT2D eigenvalue weighted by Gasteiger charge is -2.35. The number of hydrogen-bond acceptors (Lipinski definition) is 6. The van der Waals surface area contributed by atoms with E-state index in [0.717, 1.165) is 17.1 Å². The van der Waals surface area contributed by atoms with Crippen molar-refractivity contribution >= 4 is 27.4 Å². The molecule has 2 aliphatic heterocycles. The van der Waals surface area contributed by atoms with Crippen LogP contribution in [0.2, 0.25) is 0 Å². The molecule has 2 aliphatic rings. The molecule has 1 fully saturated rings. The van der Waals surface area contributed by atoms with Gasteiger partial charge in [0.2, 0.25) is 16.8 Å². The molecule has 0 amide bonds. The number of nitrogens with one attached hydrogen (secondary N) is 1. The van der Waals surface area contributed by atoms with E-state index in [1.165, 1.54) is 16.4 Å². The second-order valence-corrected chi connectivity index (χ2v) is 9.14. The van der Waals surface area contributed by atoms with E-state index < -0.39 is 10.0 Å². The zero-order valence-corrected chi connectivity index (χ0v) is 17.7. The molecule has 0 unspecified atom stereocenters. The summed E-state index contributed by atoms with van der Waals surface area (Å²) in [6.45, 7) is 2.31. The van der Waals surface area contributed by atoms with E-state index >= 15 is 0 Å². The molecule has 0 aromatic heterocycles. The fraction of sp³-hybridized carbons (Fsp3) is 0.300. The lowest BCUT2D eigenvalue weighted by Crippen LogP contribution is -2.52.